The molecule has 3 aromatic heterocycles. The second-order valence-electron chi connectivity index (χ2n) is 6.88. The van der Waals surface area contributed by atoms with E-state index >= 15 is 0 Å². The number of amides is 1. The lowest BCUT2D eigenvalue weighted by Gasteiger charge is -2.12. The number of halogens is 1. The van der Waals surface area contributed by atoms with Gasteiger partial charge in [0.15, 0.2) is 11.4 Å². The summed E-state index contributed by atoms with van der Waals surface area (Å²) in [4.78, 5) is 30.5. The quantitative estimate of drug-likeness (QED) is 0.509. The zero-order valence-electron chi connectivity index (χ0n) is 17.5. The van der Waals surface area contributed by atoms with Crippen molar-refractivity contribution in [1.82, 2.24) is 9.55 Å². The van der Waals surface area contributed by atoms with E-state index in [1.807, 2.05) is 20.8 Å². The van der Waals surface area contributed by atoms with Crippen LogP contribution in [-0.4, -0.2) is 34.1 Å². The number of aryl methyl sites for hydroxylation is 2. The maximum absolute atomic E-state index is 12.7. The number of pyridine rings is 1. The van der Waals surface area contributed by atoms with Crippen LogP contribution in [0.1, 0.15) is 53.5 Å². The number of fused-ring (bicyclic) bond motifs is 1. The molecule has 0 fully saturated rings. The first-order chi connectivity index (χ1) is 14.3. The molecule has 7 nitrogen and oxygen atoms in total. The Balaban J connectivity index is 2.16. The third-order valence-electron chi connectivity index (χ3n) is 4.42. The first kappa shape index (κ1) is 22.1. The number of nitrogens with zero attached hydrogens (tertiary/aromatic N) is 2. The van der Waals surface area contributed by atoms with E-state index in [9.17, 15) is 9.59 Å². The van der Waals surface area contributed by atoms with Crippen LogP contribution in [0.5, 0.6) is 5.75 Å². The minimum Gasteiger partial charge on any atom is -0.488 e. The molecule has 0 aliphatic carbocycles. The van der Waals surface area contributed by atoms with Crippen LogP contribution in [0.2, 0.25) is 5.02 Å². The van der Waals surface area contributed by atoms with Gasteiger partial charge in [-0.3, -0.25) is 4.79 Å². The number of hydrogen-bond acceptors (Lipinski definition) is 6. The Bertz CT molecular complexity index is 1100. The normalized spacial score (nSPS) is 11.2. The van der Waals surface area contributed by atoms with Crippen molar-refractivity contribution in [3.05, 3.63) is 38.8 Å². The lowest BCUT2D eigenvalue weighted by molar-refractivity contribution is 0.0509. The van der Waals surface area contributed by atoms with Gasteiger partial charge in [0.1, 0.15) is 10.5 Å². The highest BCUT2D eigenvalue weighted by Gasteiger charge is 2.27. The summed E-state index contributed by atoms with van der Waals surface area (Å²) in [6.45, 7) is 7.70. The molecule has 0 atom stereocenters. The minimum absolute atomic E-state index is 0.169. The summed E-state index contributed by atoms with van der Waals surface area (Å²) in [5.41, 5.74) is 2.11. The Morgan fingerprint density at radius 3 is 2.63 bits per heavy atom. The first-order valence-corrected chi connectivity index (χ1v) is 10.9. The van der Waals surface area contributed by atoms with E-state index in [0.29, 0.717) is 50.2 Å². The summed E-state index contributed by atoms with van der Waals surface area (Å²) in [7, 11) is 1.75. The molecule has 0 aliphatic rings. The molecule has 0 saturated heterocycles. The van der Waals surface area contributed by atoms with E-state index in [0.717, 1.165) is 0 Å². The zero-order valence-corrected chi connectivity index (χ0v) is 19.1. The SMILES string of the molecule is CCOC(=O)c1c(OC(C)C)c2cc(NC(=O)c3sccc3Cl)c(CC)nc2n1C. The van der Waals surface area contributed by atoms with Crippen LogP contribution >= 0.6 is 22.9 Å². The number of thiophene rings is 1. The molecule has 3 heterocycles. The van der Waals surface area contributed by atoms with Gasteiger partial charge >= 0.3 is 5.97 Å². The van der Waals surface area contributed by atoms with Crippen LogP contribution in [-0.2, 0) is 18.2 Å². The van der Waals surface area contributed by atoms with Gasteiger partial charge in [-0.2, -0.15) is 0 Å². The molecule has 0 bridgehead atoms. The van der Waals surface area contributed by atoms with Gasteiger partial charge in [0.05, 0.1) is 34.5 Å². The number of hydrogen-bond donors (Lipinski definition) is 1. The molecule has 30 heavy (non-hydrogen) atoms. The summed E-state index contributed by atoms with van der Waals surface area (Å²) in [5.74, 6) is -0.401. The number of aromatic nitrogens is 2. The van der Waals surface area contributed by atoms with Crippen molar-refractivity contribution in [1.29, 1.82) is 0 Å². The van der Waals surface area contributed by atoms with Crippen LogP contribution < -0.4 is 10.1 Å². The monoisotopic (exact) mass is 449 g/mol. The predicted octanol–water partition coefficient (Wildman–Crippen LogP) is 5.07. The Kier molecular flexibility index (Phi) is 6.67. The average Bonchev–Trinajstić information content (AvgIpc) is 3.22. The topological polar surface area (TPSA) is 82.4 Å². The fraction of sp³-hybridized carbons (Fsp3) is 0.381. The van der Waals surface area contributed by atoms with Crippen molar-refractivity contribution in [3.63, 3.8) is 0 Å². The summed E-state index contributed by atoms with van der Waals surface area (Å²) in [6.07, 6.45) is 0.418. The molecule has 0 aromatic carbocycles. The van der Waals surface area contributed by atoms with E-state index in [-0.39, 0.29) is 18.6 Å². The fourth-order valence-electron chi connectivity index (χ4n) is 3.15. The van der Waals surface area contributed by atoms with E-state index in [2.05, 4.69) is 5.32 Å². The molecule has 0 spiro atoms. The van der Waals surface area contributed by atoms with Gasteiger partial charge in [-0.05, 0) is 44.7 Å². The molecule has 0 radical (unpaired) electrons. The number of carbonyl (C=O) groups excluding carboxylic acids is 2. The van der Waals surface area contributed by atoms with Crippen molar-refractivity contribution in [3.8, 4) is 5.75 Å². The fourth-order valence-corrected chi connectivity index (χ4v) is 4.18. The van der Waals surface area contributed by atoms with Gasteiger partial charge in [-0.15, -0.1) is 11.3 Å². The predicted molar refractivity (Wildman–Crippen MR) is 119 cm³/mol. The highest BCUT2D eigenvalue weighted by molar-refractivity contribution is 7.12. The summed E-state index contributed by atoms with van der Waals surface area (Å²) >= 11 is 7.37. The van der Waals surface area contributed by atoms with Crippen LogP contribution in [0.4, 0.5) is 5.69 Å². The van der Waals surface area contributed by atoms with Crippen molar-refractivity contribution < 1.29 is 19.1 Å². The molecule has 0 unspecified atom stereocenters. The third kappa shape index (κ3) is 4.15. The number of ether oxygens (including phenoxy) is 2. The van der Waals surface area contributed by atoms with Gasteiger partial charge in [0.25, 0.3) is 5.91 Å². The van der Waals surface area contributed by atoms with Gasteiger partial charge in [0, 0.05) is 7.05 Å². The maximum atomic E-state index is 12.7. The van der Waals surface area contributed by atoms with Crippen LogP contribution in [0.25, 0.3) is 11.0 Å². The number of nitrogens with one attached hydrogen (secondary N) is 1. The summed E-state index contributed by atoms with van der Waals surface area (Å²) in [5, 5.41) is 5.69. The molecule has 3 rings (SSSR count). The molecule has 3 aromatic rings. The number of rotatable bonds is 7. The largest absolute Gasteiger partial charge is 0.488 e. The van der Waals surface area contributed by atoms with E-state index in [1.54, 1.807) is 36.1 Å². The number of carbonyl (C=O) groups is 2. The van der Waals surface area contributed by atoms with E-state index in [4.69, 9.17) is 26.1 Å². The van der Waals surface area contributed by atoms with E-state index in [1.165, 1.54) is 11.3 Å². The standard InChI is InChI=1S/C21H24ClN3O4S/c1-6-14-15(24-20(26)18-13(22)8-9-30-18)10-12-17(29-11(3)4)16(21(27)28-7-2)25(5)19(12)23-14/h8-11H,6-7H2,1-5H3,(H,24,26). The van der Waals surface area contributed by atoms with Crippen molar-refractivity contribution in [2.75, 3.05) is 11.9 Å². The van der Waals surface area contributed by atoms with Crippen LogP contribution in [0.3, 0.4) is 0 Å². The maximum Gasteiger partial charge on any atom is 0.358 e. The summed E-state index contributed by atoms with van der Waals surface area (Å²) < 4.78 is 12.9. The molecular weight excluding hydrogens is 426 g/mol. The Morgan fingerprint density at radius 1 is 1.33 bits per heavy atom. The average molecular weight is 450 g/mol. The second kappa shape index (κ2) is 9.06. The Labute approximate surface area is 184 Å². The Hall–Kier alpha value is -2.58. The molecule has 160 valence electrons. The minimum atomic E-state index is -0.484. The highest BCUT2D eigenvalue weighted by Crippen LogP contribution is 2.36. The van der Waals surface area contributed by atoms with Crippen LogP contribution in [0.15, 0.2) is 17.5 Å². The molecule has 0 saturated carbocycles. The number of anilines is 1. The van der Waals surface area contributed by atoms with Gasteiger partial charge in [0.2, 0.25) is 0 Å². The number of esters is 1. The molecule has 9 heteroatoms. The van der Waals surface area contributed by atoms with Gasteiger partial charge in [-0.1, -0.05) is 18.5 Å². The van der Waals surface area contributed by atoms with Crippen molar-refractivity contribution in [2.45, 2.75) is 40.2 Å². The van der Waals surface area contributed by atoms with Gasteiger partial charge in [-0.25, -0.2) is 9.78 Å². The molecule has 0 aliphatic heterocycles. The second-order valence-corrected chi connectivity index (χ2v) is 8.21. The third-order valence-corrected chi connectivity index (χ3v) is 5.76. The van der Waals surface area contributed by atoms with Crippen molar-refractivity contribution >= 4 is 51.5 Å². The van der Waals surface area contributed by atoms with Crippen molar-refractivity contribution in [2.24, 2.45) is 7.05 Å². The smallest absolute Gasteiger partial charge is 0.358 e. The Morgan fingerprint density at radius 2 is 2.07 bits per heavy atom. The molecular formula is C21H24ClN3O4S. The lowest BCUT2D eigenvalue weighted by Crippen LogP contribution is -2.14. The lowest BCUT2D eigenvalue weighted by atomic mass is 10.2. The van der Waals surface area contributed by atoms with E-state index < -0.39 is 5.97 Å². The summed E-state index contributed by atoms with van der Waals surface area (Å²) in [6, 6.07) is 3.47. The van der Waals surface area contributed by atoms with Gasteiger partial charge < -0.3 is 19.4 Å². The molecule has 1 amide bonds. The first-order valence-electron chi connectivity index (χ1n) is 9.68. The molecule has 1 N–H and O–H groups in total. The highest BCUT2D eigenvalue weighted by atomic mass is 35.5. The zero-order chi connectivity index (χ0) is 22.0. The van der Waals surface area contributed by atoms with Crippen LogP contribution in [0, 0.1) is 0 Å².